The molecule has 0 saturated carbocycles. The standard InChI is InChI=1S/C8H4Cl6/c9-6-2-1-4(8(12,13)14)3-5(6)7(10)11/h1-3,7H. The summed E-state index contributed by atoms with van der Waals surface area (Å²) >= 11 is 34.3. The van der Waals surface area contributed by atoms with Gasteiger partial charge in [0.15, 0.2) is 0 Å². The first-order valence-electron chi connectivity index (χ1n) is 3.47. The smallest absolute Gasteiger partial charge is 0.100 e. The van der Waals surface area contributed by atoms with Gasteiger partial charge in [-0.05, 0) is 12.1 Å². The number of hydrogen-bond donors (Lipinski definition) is 0. The molecule has 0 atom stereocenters. The highest BCUT2D eigenvalue weighted by atomic mass is 35.6. The van der Waals surface area contributed by atoms with E-state index in [1.165, 1.54) is 0 Å². The Morgan fingerprint density at radius 1 is 1.07 bits per heavy atom. The van der Waals surface area contributed by atoms with E-state index in [0.29, 0.717) is 16.1 Å². The third kappa shape index (κ3) is 3.23. The van der Waals surface area contributed by atoms with Crippen molar-refractivity contribution in [3.05, 3.63) is 34.3 Å². The predicted octanol–water partition coefficient (Wildman–Crippen LogP) is 5.64. The van der Waals surface area contributed by atoms with Crippen LogP contribution < -0.4 is 0 Å². The Morgan fingerprint density at radius 3 is 2.07 bits per heavy atom. The second kappa shape index (κ2) is 4.86. The van der Waals surface area contributed by atoms with Crippen LogP contribution in [0.1, 0.15) is 16.0 Å². The molecule has 0 saturated heterocycles. The van der Waals surface area contributed by atoms with E-state index in [1.54, 1.807) is 18.2 Å². The quantitative estimate of drug-likeness (QED) is 0.588. The maximum absolute atomic E-state index is 5.84. The summed E-state index contributed by atoms with van der Waals surface area (Å²) in [5, 5.41) is 0.443. The van der Waals surface area contributed by atoms with Crippen LogP contribution in [0.15, 0.2) is 18.2 Å². The first kappa shape index (κ1) is 13.0. The number of hydrogen-bond acceptors (Lipinski definition) is 0. The zero-order valence-electron chi connectivity index (χ0n) is 6.58. The second-order valence-corrected chi connectivity index (χ2v) is 6.32. The Morgan fingerprint density at radius 2 is 1.64 bits per heavy atom. The summed E-state index contributed by atoms with van der Waals surface area (Å²) in [6.45, 7) is 0. The second-order valence-electron chi connectivity index (χ2n) is 2.53. The van der Waals surface area contributed by atoms with E-state index in [-0.39, 0.29) is 0 Å². The maximum atomic E-state index is 5.84. The van der Waals surface area contributed by atoms with Crippen molar-refractivity contribution < 1.29 is 0 Å². The van der Waals surface area contributed by atoms with Gasteiger partial charge in [-0.2, -0.15) is 0 Å². The van der Waals surface area contributed by atoms with Gasteiger partial charge < -0.3 is 0 Å². The molecule has 0 bridgehead atoms. The molecule has 14 heavy (non-hydrogen) atoms. The maximum Gasteiger partial charge on any atom is 0.216 e. The monoisotopic (exact) mass is 310 g/mol. The summed E-state index contributed by atoms with van der Waals surface area (Å²) in [5.74, 6) is 0. The van der Waals surface area contributed by atoms with Crippen molar-refractivity contribution in [2.75, 3.05) is 0 Å². The topological polar surface area (TPSA) is 0 Å². The SMILES string of the molecule is Clc1ccc(C(Cl)(Cl)Cl)cc1C(Cl)Cl. The van der Waals surface area contributed by atoms with Crippen LogP contribution in [0.2, 0.25) is 5.02 Å². The van der Waals surface area contributed by atoms with Crippen molar-refractivity contribution in [2.45, 2.75) is 8.63 Å². The summed E-state index contributed by atoms with van der Waals surface area (Å²) < 4.78 is -1.50. The lowest BCUT2D eigenvalue weighted by Crippen LogP contribution is -2.01. The normalized spacial score (nSPS) is 12.2. The summed E-state index contributed by atoms with van der Waals surface area (Å²) in [6.07, 6.45) is 0. The fraction of sp³-hybridized carbons (Fsp3) is 0.250. The van der Waals surface area contributed by atoms with E-state index in [2.05, 4.69) is 0 Å². The van der Waals surface area contributed by atoms with Crippen molar-refractivity contribution >= 4 is 69.6 Å². The van der Waals surface area contributed by atoms with Crippen LogP contribution in [0.5, 0.6) is 0 Å². The van der Waals surface area contributed by atoms with E-state index < -0.39 is 8.63 Å². The van der Waals surface area contributed by atoms with Crippen LogP contribution in [-0.4, -0.2) is 0 Å². The molecule has 0 aliphatic carbocycles. The van der Waals surface area contributed by atoms with E-state index in [9.17, 15) is 0 Å². The van der Waals surface area contributed by atoms with Gasteiger partial charge in [-0.25, -0.2) is 0 Å². The molecule has 0 unspecified atom stereocenters. The van der Waals surface area contributed by atoms with Gasteiger partial charge >= 0.3 is 0 Å². The lowest BCUT2D eigenvalue weighted by molar-refractivity contribution is 1.20. The van der Waals surface area contributed by atoms with Crippen molar-refractivity contribution in [1.82, 2.24) is 0 Å². The molecule has 0 nitrogen and oxygen atoms in total. The molecule has 6 heteroatoms. The first-order valence-corrected chi connectivity index (χ1v) is 5.85. The van der Waals surface area contributed by atoms with Crippen LogP contribution in [0.4, 0.5) is 0 Å². The van der Waals surface area contributed by atoms with Gasteiger partial charge in [0.05, 0.1) is 0 Å². The average molecular weight is 313 g/mol. The van der Waals surface area contributed by atoms with Crippen LogP contribution in [0.3, 0.4) is 0 Å². The van der Waals surface area contributed by atoms with Crippen LogP contribution >= 0.6 is 69.6 Å². The highest BCUT2D eigenvalue weighted by Gasteiger charge is 2.24. The number of alkyl halides is 5. The number of benzene rings is 1. The van der Waals surface area contributed by atoms with Crippen LogP contribution in [0, 0.1) is 0 Å². The molecular weight excluding hydrogens is 309 g/mol. The van der Waals surface area contributed by atoms with Crippen LogP contribution in [0.25, 0.3) is 0 Å². The van der Waals surface area contributed by atoms with Crippen molar-refractivity contribution in [2.24, 2.45) is 0 Å². The minimum Gasteiger partial charge on any atom is -0.100 e. The van der Waals surface area contributed by atoms with Crippen molar-refractivity contribution in [3.8, 4) is 0 Å². The lowest BCUT2D eigenvalue weighted by Gasteiger charge is -2.14. The van der Waals surface area contributed by atoms with E-state index in [0.717, 1.165) is 0 Å². The highest BCUT2D eigenvalue weighted by Crippen LogP contribution is 2.41. The molecular formula is C8H4Cl6. The van der Waals surface area contributed by atoms with E-state index in [4.69, 9.17) is 69.6 Å². The molecule has 0 spiro atoms. The molecule has 0 aliphatic heterocycles. The van der Waals surface area contributed by atoms with Gasteiger partial charge in [0.25, 0.3) is 0 Å². The van der Waals surface area contributed by atoms with Gasteiger partial charge in [0, 0.05) is 16.1 Å². The van der Waals surface area contributed by atoms with E-state index >= 15 is 0 Å². The molecule has 0 aromatic heterocycles. The average Bonchev–Trinajstić information content (AvgIpc) is 2.02. The largest absolute Gasteiger partial charge is 0.216 e. The molecule has 1 aromatic carbocycles. The number of halogens is 6. The zero-order chi connectivity index (χ0) is 10.9. The minimum absolute atomic E-state index is 0.443. The molecule has 78 valence electrons. The molecule has 1 rings (SSSR count). The summed E-state index contributed by atoms with van der Waals surface area (Å²) in [4.78, 5) is -0.741. The Labute approximate surface area is 112 Å². The zero-order valence-corrected chi connectivity index (χ0v) is 11.1. The van der Waals surface area contributed by atoms with Crippen molar-refractivity contribution in [1.29, 1.82) is 0 Å². The van der Waals surface area contributed by atoms with Crippen LogP contribution in [-0.2, 0) is 3.79 Å². The third-order valence-electron chi connectivity index (χ3n) is 1.56. The Bertz CT molecular complexity index is 327. The van der Waals surface area contributed by atoms with Gasteiger partial charge in [-0.3, -0.25) is 0 Å². The molecule has 0 aliphatic rings. The summed E-state index contributed by atoms with van der Waals surface area (Å²) in [6, 6.07) is 4.76. The fourth-order valence-corrected chi connectivity index (χ4v) is 1.94. The Balaban J connectivity index is 3.20. The van der Waals surface area contributed by atoms with Crippen molar-refractivity contribution in [3.63, 3.8) is 0 Å². The third-order valence-corrected chi connectivity index (χ3v) is 3.03. The minimum atomic E-state index is -1.50. The lowest BCUT2D eigenvalue weighted by atomic mass is 10.1. The molecule has 0 N–H and O–H groups in total. The Hall–Kier alpha value is 0.960. The van der Waals surface area contributed by atoms with E-state index in [1.807, 2.05) is 0 Å². The van der Waals surface area contributed by atoms with Gasteiger partial charge in [-0.1, -0.05) is 52.5 Å². The number of rotatable bonds is 1. The summed E-state index contributed by atoms with van der Waals surface area (Å²) in [5.41, 5.74) is 1.01. The molecule has 0 fully saturated rings. The van der Waals surface area contributed by atoms with Gasteiger partial charge in [0.2, 0.25) is 3.79 Å². The van der Waals surface area contributed by atoms with Gasteiger partial charge in [-0.15, -0.1) is 23.2 Å². The fourth-order valence-electron chi connectivity index (χ4n) is 0.887. The van der Waals surface area contributed by atoms with Gasteiger partial charge in [0.1, 0.15) is 4.84 Å². The Kier molecular flexibility index (Phi) is 4.52. The first-order chi connectivity index (χ1) is 6.32. The molecule has 0 radical (unpaired) electrons. The summed E-state index contributed by atoms with van der Waals surface area (Å²) in [7, 11) is 0. The molecule has 0 amide bonds. The highest BCUT2D eigenvalue weighted by molar-refractivity contribution is 6.66. The predicted molar refractivity (Wildman–Crippen MR) is 65.1 cm³/mol. The molecule has 0 heterocycles. The molecule has 1 aromatic rings.